The van der Waals surface area contributed by atoms with Gasteiger partial charge in [-0.05, 0) is 54.8 Å². The zero-order chi connectivity index (χ0) is 18.5. The number of hydrogen-bond donors (Lipinski definition) is 5. The van der Waals surface area contributed by atoms with Crippen molar-refractivity contribution < 1.29 is 15.3 Å². The molecule has 0 bridgehead atoms. The van der Waals surface area contributed by atoms with Crippen molar-refractivity contribution in [2.45, 2.75) is 18.9 Å². The molecule has 1 heterocycles. The van der Waals surface area contributed by atoms with Crippen LogP contribution in [-0.4, -0.2) is 33.5 Å². The molecule has 3 aromatic rings. The molecular formula is C20H23ClN2O4. The number of benzene rings is 2. The average molecular weight is 391 g/mol. The van der Waals surface area contributed by atoms with E-state index in [-0.39, 0.29) is 42.1 Å². The van der Waals surface area contributed by atoms with E-state index in [1.807, 2.05) is 12.1 Å². The lowest BCUT2D eigenvalue weighted by molar-refractivity contribution is 0.245. The molecule has 0 aliphatic rings. The number of aliphatic hydroxyl groups is 1. The van der Waals surface area contributed by atoms with Crippen LogP contribution in [0.5, 0.6) is 11.5 Å². The van der Waals surface area contributed by atoms with Crippen LogP contribution in [0.3, 0.4) is 0 Å². The summed E-state index contributed by atoms with van der Waals surface area (Å²) in [6.07, 6.45) is 1.65. The van der Waals surface area contributed by atoms with Gasteiger partial charge in [0.15, 0.2) is 0 Å². The standard InChI is InChI=1S/C20H22N2O4.ClH/c23-12-17(21-10-2-4-13-3-1-5-14(24)11-13)15-6-8-18(25)20-16(15)7-9-19(26)22-20;/h1,3,5-9,11,17,21,23-25H,2,4,10,12H2,(H,22,26);1H. The lowest BCUT2D eigenvalue weighted by atomic mass is 10.0. The van der Waals surface area contributed by atoms with E-state index < -0.39 is 0 Å². The number of aryl methyl sites for hydroxylation is 1. The van der Waals surface area contributed by atoms with Gasteiger partial charge >= 0.3 is 0 Å². The van der Waals surface area contributed by atoms with E-state index in [1.165, 1.54) is 12.1 Å². The summed E-state index contributed by atoms with van der Waals surface area (Å²) in [6, 6.07) is 13.2. The molecule has 0 saturated carbocycles. The van der Waals surface area contributed by atoms with Gasteiger partial charge in [-0.15, -0.1) is 12.4 Å². The quantitative estimate of drug-likeness (QED) is 0.399. The van der Waals surface area contributed by atoms with Gasteiger partial charge in [-0.25, -0.2) is 0 Å². The minimum atomic E-state index is -0.312. The first-order valence-electron chi connectivity index (χ1n) is 8.55. The third-order valence-electron chi connectivity index (χ3n) is 4.41. The molecule has 7 heteroatoms. The number of rotatable bonds is 7. The molecule has 2 aromatic carbocycles. The van der Waals surface area contributed by atoms with Gasteiger partial charge in [0.2, 0.25) is 5.56 Å². The number of pyridine rings is 1. The van der Waals surface area contributed by atoms with Crippen molar-refractivity contribution in [1.82, 2.24) is 10.3 Å². The van der Waals surface area contributed by atoms with Crippen molar-refractivity contribution in [2.24, 2.45) is 0 Å². The monoisotopic (exact) mass is 390 g/mol. The number of nitrogens with one attached hydrogen (secondary N) is 2. The number of phenols is 2. The van der Waals surface area contributed by atoms with Gasteiger partial charge in [-0.2, -0.15) is 0 Å². The number of aromatic hydroxyl groups is 2. The van der Waals surface area contributed by atoms with E-state index in [0.717, 1.165) is 24.0 Å². The molecule has 144 valence electrons. The molecule has 0 radical (unpaired) electrons. The third kappa shape index (κ3) is 5.01. The van der Waals surface area contributed by atoms with E-state index in [2.05, 4.69) is 10.3 Å². The van der Waals surface area contributed by atoms with Crippen molar-refractivity contribution in [2.75, 3.05) is 13.2 Å². The highest BCUT2D eigenvalue weighted by molar-refractivity contribution is 5.87. The van der Waals surface area contributed by atoms with Crippen LogP contribution in [0, 0.1) is 0 Å². The van der Waals surface area contributed by atoms with E-state index in [9.17, 15) is 20.1 Å². The predicted molar refractivity (Wildman–Crippen MR) is 108 cm³/mol. The maximum Gasteiger partial charge on any atom is 0.248 e. The number of hydrogen-bond acceptors (Lipinski definition) is 5. The Hall–Kier alpha value is -2.54. The second kappa shape index (κ2) is 9.41. The summed E-state index contributed by atoms with van der Waals surface area (Å²) in [4.78, 5) is 14.1. The van der Waals surface area contributed by atoms with Gasteiger partial charge in [-0.1, -0.05) is 18.2 Å². The highest BCUT2D eigenvalue weighted by atomic mass is 35.5. The number of aromatic amines is 1. The molecular weight excluding hydrogens is 368 g/mol. The highest BCUT2D eigenvalue weighted by Gasteiger charge is 2.15. The molecule has 0 fully saturated rings. The molecule has 0 aliphatic heterocycles. The van der Waals surface area contributed by atoms with Crippen molar-refractivity contribution in [3.05, 3.63) is 70.0 Å². The normalized spacial score (nSPS) is 11.9. The summed E-state index contributed by atoms with van der Waals surface area (Å²) in [7, 11) is 0. The minimum Gasteiger partial charge on any atom is -0.508 e. The predicted octanol–water partition coefficient (Wildman–Crippen LogP) is 2.62. The largest absolute Gasteiger partial charge is 0.508 e. The Morgan fingerprint density at radius 2 is 1.89 bits per heavy atom. The second-order valence-electron chi connectivity index (χ2n) is 6.25. The molecule has 3 rings (SSSR count). The van der Waals surface area contributed by atoms with Gasteiger partial charge in [0.25, 0.3) is 0 Å². The SMILES string of the molecule is Cl.O=c1ccc2c(C(CO)NCCCc3cccc(O)c3)ccc(O)c2[nH]1. The summed E-state index contributed by atoms with van der Waals surface area (Å²) in [6.45, 7) is 0.567. The van der Waals surface area contributed by atoms with Crippen LogP contribution in [-0.2, 0) is 6.42 Å². The van der Waals surface area contributed by atoms with Gasteiger partial charge in [0.05, 0.1) is 18.2 Å². The number of aliphatic hydroxyl groups excluding tert-OH is 1. The molecule has 6 nitrogen and oxygen atoms in total. The number of phenolic OH excluding ortho intramolecular Hbond substituents is 2. The van der Waals surface area contributed by atoms with Gasteiger partial charge in [0, 0.05) is 11.5 Å². The molecule has 1 aromatic heterocycles. The van der Waals surface area contributed by atoms with E-state index >= 15 is 0 Å². The van der Waals surface area contributed by atoms with E-state index in [4.69, 9.17) is 0 Å². The van der Waals surface area contributed by atoms with Gasteiger partial charge in [0.1, 0.15) is 11.5 Å². The Bertz CT molecular complexity index is 958. The lowest BCUT2D eigenvalue weighted by Gasteiger charge is -2.19. The van der Waals surface area contributed by atoms with Crippen LogP contribution in [0.15, 0.2) is 53.3 Å². The van der Waals surface area contributed by atoms with Crippen LogP contribution in [0.1, 0.15) is 23.6 Å². The maximum absolute atomic E-state index is 11.5. The number of H-pyrrole nitrogens is 1. The van der Waals surface area contributed by atoms with Crippen LogP contribution < -0.4 is 10.9 Å². The molecule has 0 saturated heterocycles. The first kappa shape index (κ1) is 20.8. The van der Waals surface area contributed by atoms with Crippen LogP contribution in [0.25, 0.3) is 10.9 Å². The fraction of sp³-hybridized carbons (Fsp3) is 0.250. The molecule has 5 N–H and O–H groups in total. The highest BCUT2D eigenvalue weighted by Crippen LogP contribution is 2.28. The van der Waals surface area contributed by atoms with Gasteiger partial charge in [-0.3, -0.25) is 4.79 Å². The maximum atomic E-state index is 11.5. The van der Waals surface area contributed by atoms with Gasteiger partial charge < -0.3 is 25.6 Å². The van der Waals surface area contributed by atoms with E-state index in [0.29, 0.717) is 17.4 Å². The molecule has 0 spiro atoms. The Labute approximate surface area is 162 Å². The smallest absolute Gasteiger partial charge is 0.248 e. The fourth-order valence-corrected chi connectivity index (χ4v) is 3.12. The van der Waals surface area contributed by atoms with Crippen molar-refractivity contribution >= 4 is 23.3 Å². The van der Waals surface area contributed by atoms with Crippen LogP contribution >= 0.6 is 12.4 Å². The zero-order valence-corrected chi connectivity index (χ0v) is 15.5. The second-order valence-corrected chi connectivity index (χ2v) is 6.25. The minimum absolute atomic E-state index is 0. The Morgan fingerprint density at radius 1 is 1.07 bits per heavy atom. The Morgan fingerprint density at radius 3 is 2.63 bits per heavy atom. The molecule has 1 unspecified atom stereocenters. The fourth-order valence-electron chi connectivity index (χ4n) is 3.12. The summed E-state index contributed by atoms with van der Waals surface area (Å²) in [5.74, 6) is 0.260. The first-order valence-corrected chi connectivity index (χ1v) is 8.55. The first-order chi connectivity index (χ1) is 12.6. The molecule has 0 aliphatic carbocycles. The number of aromatic nitrogens is 1. The lowest BCUT2D eigenvalue weighted by Crippen LogP contribution is -2.26. The zero-order valence-electron chi connectivity index (χ0n) is 14.7. The van der Waals surface area contributed by atoms with Crippen LogP contribution in [0.4, 0.5) is 0 Å². The van der Waals surface area contributed by atoms with Crippen LogP contribution in [0.2, 0.25) is 0 Å². The van der Waals surface area contributed by atoms with E-state index in [1.54, 1.807) is 24.3 Å². The summed E-state index contributed by atoms with van der Waals surface area (Å²) in [5, 5.41) is 33.3. The Balaban J connectivity index is 0.00000261. The topological polar surface area (TPSA) is 106 Å². The summed E-state index contributed by atoms with van der Waals surface area (Å²) >= 11 is 0. The summed E-state index contributed by atoms with van der Waals surface area (Å²) in [5.41, 5.74) is 1.95. The third-order valence-corrected chi connectivity index (χ3v) is 4.41. The summed E-state index contributed by atoms with van der Waals surface area (Å²) < 4.78 is 0. The molecule has 1 atom stereocenters. The average Bonchev–Trinajstić information content (AvgIpc) is 2.63. The Kier molecular flexibility index (Phi) is 7.24. The van der Waals surface area contributed by atoms with Crippen molar-refractivity contribution in [3.8, 4) is 11.5 Å². The molecule has 27 heavy (non-hydrogen) atoms. The number of halogens is 1. The van der Waals surface area contributed by atoms with Crippen molar-refractivity contribution in [3.63, 3.8) is 0 Å². The van der Waals surface area contributed by atoms with Crippen molar-refractivity contribution in [1.29, 1.82) is 0 Å². The molecule has 0 amide bonds. The number of fused-ring (bicyclic) bond motifs is 1.